The number of rotatable bonds is 0. The molecule has 0 rings (SSSR count). The van der Waals surface area contributed by atoms with Crippen molar-refractivity contribution in [3.63, 3.8) is 0 Å². The van der Waals surface area contributed by atoms with Crippen LogP contribution < -0.4 is 0 Å². The van der Waals surface area contributed by atoms with Crippen molar-refractivity contribution in [2.75, 3.05) is 0 Å². The molecule has 0 unspecified atom stereocenters. The summed E-state index contributed by atoms with van der Waals surface area (Å²) in [5.74, 6) is 0. The van der Waals surface area contributed by atoms with Gasteiger partial charge in [-0.25, -0.2) is 0 Å². The number of hydrogen-bond donors (Lipinski definition) is 0. The van der Waals surface area contributed by atoms with E-state index in [2.05, 4.69) is 15.9 Å². The summed E-state index contributed by atoms with van der Waals surface area (Å²) in [5, 5.41) is 0. The Morgan fingerprint density at radius 2 is 1.17 bits per heavy atom. The summed E-state index contributed by atoms with van der Waals surface area (Å²) in [6, 6.07) is 0. The Balaban J connectivity index is -0.000000000833. The van der Waals surface area contributed by atoms with Crippen molar-refractivity contribution in [1.82, 2.24) is 0 Å². The molecule has 0 heterocycles. The first kappa shape index (κ1) is 31.0. The van der Waals surface area contributed by atoms with Gasteiger partial charge < -0.3 is 0 Å². The van der Waals surface area contributed by atoms with Crippen LogP contribution >= 0.6 is 0 Å². The molecule has 0 aromatic heterocycles. The van der Waals surface area contributed by atoms with Crippen LogP contribution in [0, 0.1) is 77.3 Å². The second-order valence-electron chi connectivity index (χ2n) is 0. The molecule has 0 aromatic carbocycles. The van der Waals surface area contributed by atoms with Crippen LogP contribution in [0.5, 0.6) is 0 Å². The molecule has 0 N–H and O–H groups in total. The molecule has 0 saturated heterocycles. The maximum atomic E-state index is 7.81. The fourth-order valence-corrected chi connectivity index (χ4v) is 0. The van der Waals surface area contributed by atoms with Gasteiger partial charge in [0.1, 0.15) is 0 Å². The second kappa shape index (κ2) is 33.3. The average molecular weight is 456 g/mol. The molecule has 0 aromatic rings. The van der Waals surface area contributed by atoms with Gasteiger partial charge in [0.15, 0.2) is 0 Å². The van der Waals surface area contributed by atoms with Crippen LogP contribution in [-0.2, 0) is 36.8 Å². The third-order valence-electron chi connectivity index (χ3n) is 0. The van der Waals surface area contributed by atoms with E-state index < -0.39 is 0 Å². The van der Waals surface area contributed by atoms with Gasteiger partial charge in [-0.15, -0.1) is 0 Å². The SMILES string of the molecule is [CaH2].[Ce].[La].[Mn].[O]=[Cu]. The topological polar surface area (TPSA) is 17.1 Å². The fraction of sp³-hybridized carbons (Fsp3) is 0. The molecule has 0 bridgehead atoms. The molecule has 0 aliphatic rings. The molecular weight excluding hydrogens is 454 g/mol. The Hall–Kier alpha value is 4.67. The average Bonchev–Trinajstić information content (AvgIpc) is 1.00. The zero-order chi connectivity index (χ0) is 2.00. The summed E-state index contributed by atoms with van der Waals surface area (Å²) in [6.45, 7) is 0. The molecule has 35 valence electrons. The molecule has 0 saturated carbocycles. The van der Waals surface area contributed by atoms with Gasteiger partial charge in [0.2, 0.25) is 0 Å². The quantitative estimate of drug-likeness (QED) is 0.427. The standard InChI is InChI=1S/Ca.Ce.Cu.La.Mn.O.2H. The van der Waals surface area contributed by atoms with E-state index in [0.29, 0.717) is 0 Å². The van der Waals surface area contributed by atoms with Crippen LogP contribution in [0.2, 0.25) is 0 Å². The van der Waals surface area contributed by atoms with Gasteiger partial charge in [-0.2, -0.15) is 0 Å². The van der Waals surface area contributed by atoms with Gasteiger partial charge in [-0.3, -0.25) is 0 Å². The van der Waals surface area contributed by atoms with Crippen LogP contribution in [0.1, 0.15) is 0 Å². The monoisotopic (exact) mass is 455 g/mol. The normalized spacial score (nSPS) is 1.00. The van der Waals surface area contributed by atoms with E-state index in [4.69, 9.17) is 3.83 Å². The van der Waals surface area contributed by atoms with Gasteiger partial charge in [0.25, 0.3) is 0 Å². The van der Waals surface area contributed by atoms with Crippen molar-refractivity contribution in [2.24, 2.45) is 0 Å². The molecule has 0 aliphatic heterocycles. The Labute approximate surface area is 147 Å². The van der Waals surface area contributed by atoms with Crippen molar-refractivity contribution in [1.29, 1.82) is 0 Å². The molecule has 0 atom stereocenters. The Kier molecular flexibility index (Phi) is 172. The molecule has 0 amide bonds. The van der Waals surface area contributed by atoms with Crippen LogP contribution in [0.4, 0.5) is 0 Å². The second-order valence-corrected chi connectivity index (χ2v) is 0. The summed E-state index contributed by atoms with van der Waals surface area (Å²) in [4.78, 5) is 0. The molecule has 6 heteroatoms. The van der Waals surface area contributed by atoms with E-state index in [1.54, 1.807) is 0 Å². The first-order valence-electron chi connectivity index (χ1n) is 0.123. The van der Waals surface area contributed by atoms with Gasteiger partial charge in [-0.1, -0.05) is 0 Å². The van der Waals surface area contributed by atoms with Gasteiger partial charge in [-0.05, 0) is 0 Å². The Morgan fingerprint density at radius 1 is 1.17 bits per heavy atom. The zero-order valence-electron chi connectivity index (χ0n) is 2.17. The van der Waals surface area contributed by atoms with E-state index in [-0.39, 0.29) is 132 Å². The first-order chi connectivity index (χ1) is 1.00. The first-order valence-corrected chi connectivity index (χ1v) is 0.508. The predicted octanol–water partition coefficient (Wildman–Crippen LogP) is -1.04. The molecule has 2 radical (unpaired) electrons. The van der Waals surface area contributed by atoms with E-state index >= 15 is 0 Å². The van der Waals surface area contributed by atoms with E-state index in [1.807, 2.05) is 0 Å². The van der Waals surface area contributed by atoms with Crippen LogP contribution in [-0.4, -0.2) is 37.7 Å². The van der Waals surface area contributed by atoms with Gasteiger partial charge in [0, 0.05) is 94.4 Å². The van der Waals surface area contributed by atoms with Crippen molar-refractivity contribution in [3.05, 3.63) is 0 Å². The zero-order valence-corrected chi connectivity index (χ0v) is 11.1. The Bertz CT molecular complexity index is 15.5. The van der Waals surface area contributed by atoms with E-state index in [1.165, 1.54) is 0 Å². The van der Waals surface area contributed by atoms with Crippen molar-refractivity contribution in [3.8, 4) is 0 Å². The Morgan fingerprint density at radius 3 is 1.17 bits per heavy atom. The summed E-state index contributed by atoms with van der Waals surface area (Å²) < 4.78 is 7.81. The van der Waals surface area contributed by atoms with E-state index in [9.17, 15) is 0 Å². The van der Waals surface area contributed by atoms with Crippen molar-refractivity contribution < 1.29 is 114 Å². The van der Waals surface area contributed by atoms with Crippen LogP contribution in [0.25, 0.3) is 0 Å². The fourth-order valence-electron chi connectivity index (χ4n) is 0. The molecule has 6 heavy (non-hydrogen) atoms. The minimum absolute atomic E-state index is 0. The third-order valence-corrected chi connectivity index (χ3v) is 0. The summed E-state index contributed by atoms with van der Waals surface area (Å²) >= 11 is 2.94. The molecule has 1 nitrogen and oxygen atoms in total. The minimum atomic E-state index is 0. The molecule has 0 spiro atoms. The maximum absolute atomic E-state index is 7.81. The van der Waals surface area contributed by atoms with Crippen LogP contribution in [0.3, 0.4) is 0 Å². The predicted molar refractivity (Wildman–Crippen MR) is 9.23 cm³/mol. The van der Waals surface area contributed by atoms with Crippen molar-refractivity contribution >= 4 is 37.7 Å². The summed E-state index contributed by atoms with van der Waals surface area (Å²) in [7, 11) is 0. The van der Waals surface area contributed by atoms with E-state index in [0.717, 1.165) is 0 Å². The molecule has 0 aliphatic carbocycles. The van der Waals surface area contributed by atoms with Gasteiger partial charge >= 0.3 is 57.5 Å². The summed E-state index contributed by atoms with van der Waals surface area (Å²) in [6.07, 6.45) is 0. The number of hydrogen-bond acceptors (Lipinski definition) is 1. The van der Waals surface area contributed by atoms with Crippen molar-refractivity contribution in [2.45, 2.75) is 0 Å². The molecule has 0 fully saturated rings. The third kappa shape index (κ3) is 23.4. The molecular formula is H2CaCeCuLaMnO. The van der Waals surface area contributed by atoms with Gasteiger partial charge in [0.05, 0.1) is 0 Å². The summed E-state index contributed by atoms with van der Waals surface area (Å²) in [5.41, 5.74) is 0. The van der Waals surface area contributed by atoms with Crippen LogP contribution in [0.15, 0.2) is 0 Å².